The van der Waals surface area contributed by atoms with Crippen LogP contribution in [0.1, 0.15) is 5.56 Å². The molecule has 0 spiro atoms. The molecule has 0 aliphatic rings. The van der Waals surface area contributed by atoms with E-state index in [1.54, 1.807) is 24.4 Å². The van der Waals surface area contributed by atoms with Crippen LogP contribution in [0.3, 0.4) is 0 Å². The maximum Gasteiger partial charge on any atom is 0.342 e. The molecule has 32 heavy (non-hydrogen) atoms. The molecule has 7 heteroatoms. The predicted molar refractivity (Wildman–Crippen MR) is 123 cm³/mol. The molecule has 158 valence electrons. The molecule has 5 aromatic rings. The summed E-state index contributed by atoms with van der Waals surface area (Å²) >= 11 is 0. The van der Waals surface area contributed by atoms with Gasteiger partial charge in [0.2, 0.25) is 5.88 Å². The second-order valence-electron chi connectivity index (χ2n) is 7.35. The number of fused-ring (bicyclic) bond motifs is 1. The average Bonchev–Trinajstić information content (AvgIpc) is 3.22. The normalized spacial score (nSPS) is 11.5. The van der Waals surface area contributed by atoms with E-state index in [4.69, 9.17) is 4.18 Å². The lowest BCUT2D eigenvalue weighted by molar-refractivity contribution is 0.465. The Hall–Kier alpha value is -3.97. The molecule has 6 nitrogen and oxygen atoms in total. The lowest BCUT2D eigenvalue weighted by Crippen LogP contribution is -2.13. The zero-order chi connectivity index (χ0) is 22.1. The van der Waals surface area contributed by atoms with Gasteiger partial charge in [0.05, 0.1) is 16.9 Å². The summed E-state index contributed by atoms with van der Waals surface area (Å²) in [7, 11) is -4.17. The van der Waals surface area contributed by atoms with Crippen molar-refractivity contribution in [1.82, 2.24) is 14.8 Å². The average molecular weight is 442 g/mol. The minimum Gasteiger partial charge on any atom is -0.358 e. The summed E-state index contributed by atoms with van der Waals surface area (Å²) in [5.74, 6) is 0.0994. The predicted octanol–water partition coefficient (Wildman–Crippen LogP) is 5.16. The Bertz CT molecular complexity index is 1520. The Balaban J connectivity index is 1.64. The lowest BCUT2D eigenvalue weighted by atomic mass is 10.2. The van der Waals surface area contributed by atoms with Crippen molar-refractivity contribution in [2.24, 2.45) is 0 Å². The molecule has 2 heterocycles. The number of hydrogen-bond donors (Lipinski definition) is 0. The van der Waals surface area contributed by atoms with Crippen LogP contribution in [0.15, 0.2) is 102 Å². The molecule has 0 fully saturated rings. The summed E-state index contributed by atoms with van der Waals surface area (Å²) in [5.41, 5.74) is 3.54. The summed E-state index contributed by atoms with van der Waals surface area (Å²) in [4.78, 5) is 4.26. The van der Waals surface area contributed by atoms with Gasteiger partial charge in [-0.05, 0) is 36.8 Å². The fourth-order valence-electron chi connectivity index (χ4n) is 3.55. The monoisotopic (exact) mass is 441 g/mol. The molecule has 0 atom stereocenters. The second-order valence-corrected chi connectivity index (χ2v) is 8.87. The van der Waals surface area contributed by atoms with E-state index in [1.165, 1.54) is 10.7 Å². The Morgan fingerprint density at radius 2 is 1.62 bits per heavy atom. The molecule has 0 saturated carbocycles. The molecule has 5 rings (SSSR count). The number of aryl methyl sites for hydroxylation is 1. The van der Waals surface area contributed by atoms with Crippen LogP contribution in [0.5, 0.6) is 5.88 Å². The first-order valence-corrected chi connectivity index (χ1v) is 11.4. The van der Waals surface area contributed by atoms with Crippen LogP contribution in [0.4, 0.5) is 0 Å². The van der Waals surface area contributed by atoms with Gasteiger partial charge < -0.3 is 4.18 Å². The first kappa shape index (κ1) is 20.0. The minimum atomic E-state index is -4.17. The molecule has 0 aliphatic carbocycles. The van der Waals surface area contributed by atoms with E-state index in [0.29, 0.717) is 22.3 Å². The largest absolute Gasteiger partial charge is 0.358 e. The maximum atomic E-state index is 13.3. The lowest BCUT2D eigenvalue weighted by Gasteiger charge is -2.11. The van der Waals surface area contributed by atoms with Gasteiger partial charge >= 0.3 is 10.1 Å². The van der Waals surface area contributed by atoms with Crippen molar-refractivity contribution in [2.75, 3.05) is 0 Å². The summed E-state index contributed by atoms with van der Waals surface area (Å²) in [6.07, 6.45) is 1.56. The number of para-hydroxylation sites is 1. The van der Waals surface area contributed by atoms with Gasteiger partial charge in [0, 0.05) is 23.2 Å². The van der Waals surface area contributed by atoms with E-state index in [0.717, 1.165) is 11.1 Å². The number of pyridine rings is 1. The van der Waals surface area contributed by atoms with E-state index in [-0.39, 0.29) is 10.8 Å². The summed E-state index contributed by atoms with van der Waals surface area (Å²) in [6, 6.07) is 27.4. The zero-order valence-corrected chi connectivity index (χ0v) is 18.0. The van der Waals surface area contributed by atoms with Gasteiger partial charge in [-0.15, -0.1) is 0 Å². The molecule has 0 bridgehead atoms. The number of aromatic nitrogens is 3. The van der Waals surface area contributed by atoms with Crippen molar-refractivity contribution in [3.05, 3.63) is 103 Å². The van der Waals surface area contributed by atoms with Crippen molar-refractivity contribution >= 4 is 21.0 Å². The van der Waals surface area contributed by atoms with Gasteiger partial charge in [0.25, 0.3) is 0 Å². The van der Waals surface area contributed by atoms with Crippen molar-refractivity contribution in [3.63, 3.8) is 0 Å². The number of hydrogen-bond acceptors (Lipinski definition) is 5. The molecule has 0 amide bonds. The van der Waals surface area contributed by atoms with Crippen LogP contribution >= 0.6 is 0 Å². The van der Waals surface area contributed by atoms with Gasteiger partial charge in [-0.3, -0.25) is 4.98 Å². The third-order valence-electron chi connectivity index (χ3n) is 5.05. The molecule has 0 radical (unpaired) electrons. The molecule has 2 aromatic heterocycles. The fraction of sp³-hybridized carbons (Fsp3) is 0.0400. The van der Waals surface area contributed by atoms with Gasteiger partial charge in [-0.2, -0.15) is 18.2 Å². The number of nitrogens with zero attached hydrogens (tertiary/aromatic N) is 3. The molecule has 0 N–H and O–H groups in total. The molecule has 3 aromatic carbocycles. The minimum absolute atomic E-state index is 0.00820. The fourth-order valence-corrected chi connectivity index (χ4v) is 4.64. The van der Waals surface area contributed by atoms with Crippen LogP contribution in [0, 0.1) is 6.92 Å². The van der Waals surface area contributed by atoms with Crippen LogP contribution in [-0.4, -0.2) is 23.2 Å². The topological polar surface area (TPSA) is 74.1 Å². The van der Waals surface area contributed by atoms with Gasteiger partial charge in [0.15, 0.2) is 0 Å². The van der Waals surface area contributed by atoms with Gasteiger partial charge in [0.1, 0.15) is 4.90 Å². The van der Waals surface area contributed by atoms with Crippen molar-refractivity contribution < 1.29 is 12.6 Å². The standard InChI is InChI=1S/C25H19N3O3S/c1-18-8-5-13-21(16-18)28-24(17-22(27-28)19-9-3-2-4-10-19)31-32(29,30)23-14-6-11-20-12-7-15-26-25(20)23/h2-17H,1H3. The zero-order valence-electron chi connectivity index (χ0n) is 17.2. The van der Waals surface area contributed by atoms with Crippen molar-refractivity contribution in [2.45, 2.75) is 11.8 Å². The van der Waals surface area contributed by atoms with Crippen molar-refractivity contribution in [3.8, 4) is 22.8 Å². The molecular weight excluding hydrogens is 422 g/mol. The smallest absolute Gasteiger partial charge is 0.342 e. The summed E-state index contributed by atoms with van der Waals surface area (Å²) in [6.45, 7) is 1.96. The highest BCUT2D eigenvalue weighted by Gasteiger charge is 2.24. The van der Waals surface area contributed by atoms with Crippen LogP contribution in [0.25, 0.3) is 27.8 Å². The van der Waals surface area contributed by atoms with Gasteiger partial charge in [-0.25, -0.2) is 0 Å². The Kier molecular flexibility index (Phi) is 4.95. The van der Waals surface area contributed by atoms with E-state index >= 15 is 0 Å². The highest BCUT2D eigenvalue weighted by atomic mass is 32.2. The van der Waals surface area contributed by atoms with Crippen molar-refractivity contribution in [1.29, 1.82) is 0 Å². The quantitative estimate of drug-likeness (QED) is 0.352. The first-order chi connectivity index (χ1) is 15.5. The van der Waals surface area contributed by atoms with E-state index in [1.807, 2.05) is 73.7 Å². The van der Waals surface area contributed by atoms with Crippen LogP contribution in [0.2, 0.25) is 0 Å². The number of rotatable bonds is 5. The second kappa shape index (κ2) is 7.94. The third kappa shape index (κ3) is 3.74. The van der Waals surface area contributed by atoms with E-state index in [2.05, 4.69) is 10.1 Å². The highest BCUT2D eigenvalue weighted by molar-refractivity contribution is 7.87. The Morgan fingerprint density at radius 1 is 0.844 bits per heavy atom. The molecule has 0 aliphatic heterocycles. The maximum absolute atomic E-state index is 13.3. The van der Waals surface area contributed by atoms with Crippen LogP contribution in [-0.2, 0) is 10.1 Å². The SMILES string of the molecule is Cc1cccc(-n2nc(-c3ccccc3)cc2OS(=O)(=O)c2cccc3cccnc23)c1. The molecule has 0 saturated heterocycles. The third-order valence-corrected chi connectivity index (χ3v) is 6.31. The molecular formula is C25H19N3O3S. The first-order valence-electron chi connectivity index (χ1n) is 10.0. The highest BCUT2D eigenvalue weighted by Crippen LogP contribution is 2.30. The van der Waals surface area contributed by atoms with Crippen LogP contribution < -0.4 is 4.18 Å². The van der Waals surface area contributed by atoms with E-state index in [9.17, 15) is 8.42 Å². The molecule has 0 unspecified atom stereocenters. The van der Waals surface area contributed by atoms with Gasteiger partial charge in [-0.1, -0.05) is 60.7 Å². The van der Waals surface area contributed by atoms with E-state index < -0.39 is 10.1 Å². The number of benzene rings is 3. The Labute approximate surface area is 185 Å². The summed E-state index contributed by atoms with van der Waals surface area (Å²) < 4.78 is 33.8. The Morgan fingerprint density at radius 3 is 2.44 bits per heavy atom. The summed E-state index contributed by atoms with van der Waals surface area (Å²) in [5, 5.41) is 5.36.